The van der Waals surface area contributed by atoms with E-state index in [0.29, 0.717) is 12.2 Å². The minimum Gasteiger partial charge on any atom is -0.479 e. The first-order valence-electron chi connectivity index (χ1n) is 6.73. The molecule has 0 radical (unpaired) electrons. The molecule has 1 saturated heterocycles. The van der Waals surface area contributed by atoms with Gasteiger partial charge in [-0.1, -0.05) is 12.1 Å². The van der Waals surface area contributed by atoms with Crippen LogP contribution in [-0.4, -0.2) is 68.8 Å². The highest BCUT2D eigenvalue weighted by atomic mass is 16.7. The van der Waals surface area contributed by atoms with Crippen molar-refractivity contribution in [3.63, 3.8) is 0 Å². The Balaban J connectivity index is 2.08. The first-order valence-corrected chi connectivity index (χ1v) is 6.73. The summed E-state index contributed by atoms with van der Waals surface area (Å²) in [7, 11) is 0. The lowest BCUT2D eigenvalue weighted by molar-refractivity contribution is -0.271. The van der Waals surface area contributed by atoms with Crippen LogP contribution in [0, 0.1) is 0 Å². The second kappa shape index (κ2) is 7.03. The van der Waals surface area contributed by atoms with Gasteiger partial charge in [-0.25, -0.2) is 4.79 Å². The van der Waals surface area contributed by atoms with Gasteiger partial charge in [0.25, 0.3) is 0 Å². The summed E-state index contributed by atoms with van der Waals surface area (Å²) in [6.45, 7) is 0.00895. The molecule has 1 aliphatic heterocycles. The van der Waals surface area contributed by atoms with E-state index < -0.39 is 36.7 Å². The number of carboxylic acid groups (broad SMARTS) is 1. The van der Waals surface area contributed by atoms with Gasteiger partial charge in [0.05, 0.1) is 0 Å². The zero-order valence-electron chi connectivity index (χ0n) is 11.6. The van der Waals surface area contributed by atoms with Crippen molar-refractivity contribution in [2.75, 3.05) is 6.61 Å². The molecule has 8 heteroatoms. The van der Waals surface area contributed by atoms with E-state index in [0.717, 1.165) is 5.56 Å². The van der Waals surface area contributed by atoms with Crippen LogP contribution in [0.2, 0.25) is 0 Å². The van der Waals surface area contributed by atoms with Crippen molar-refractivity contribution in [3.8, 4) is 5.75 Å². The van der Waals surface area contributed by atoms with E-state index in [2.05, 4.69) is 0 Å². The van der Waals surface area contributed by atoms with Gasteiger partial charge in [-0.15, -0.1) is 0 Å². The smallest absolute Gasteiger partial charge is 0.335 e. The van der Waals surface area contributed by atoms with Crippen LogP contribution >= 0.6 is 0 Å². The minimum atomic E-state index is -1.75. The molecule has 0 amide bonds. The minimum absolute atomic E-state index is 0.00895. The number of ether oxygens (including phenoxy) is 2. The number of hydrogen-bond donors (Lipinski definition) is 5. The standard InChI is InChI=1S/C14H18O8/c15-6-5-7-1-3-8(4-2-7)21-14-11(18)9(16)10(17)12(22-14)13(19)20/h1-4,9-12,14-18H,5-6H2,(H,19,20)/t9-,10-,11+,12-,14+/m1/s1. The summed E-state index contributed by atoms with van der Waals surface area (Å²) in [4.78, 5) is 11.0. The summed E-state index contributed by atoms with van der Waals surface area (Å²) in [6.07, 6.45) is -7.69. The highest BCUT2D eigenvalue weighted by Gasteiger charge is 2.48. The lowest BCUT2D eigenvalue weighted by Crippen LogP contribution is -2.61. The third-order valence-electron chi connectivity index (χ3n) is 3.39. The van der Waals surface area contributed by atoms with Gasteiger partial charge in [0.2, 0.25) is 6.29 Å². The molecule has 1 aromatic carbocycles. The Labute approximate surface area is 126 Å². The first-order chi connectivity index (χ1) is 10.4. The van der Waals surface area contributed by atoms with Crippen LogP contribution in [-0.2, 0) is 16.0 Å². The summed E-state index contributed by atoms with van der Waals surface area (Å²) < 4.78 is 10.3. The molecular formula is C14H18O8. The third-order valence-corrected chi connectivity index (χ3v) is 3.39. The molecule has 0 unspecified atom stereocenters. The quantitative estimate of drug-likeness (QED) is 0.442. The Hall–Kier alpha value is -1.71. The van der Waals surface area contributed by atoms with E-state index in [4.69, 9.17) is 19.7 Å². The summed E-state index contributed by atoms with van der Waals surface area (Å²) in [6, 6.07) is 6.52. The van der Waals surface area contributed by atoms with Gasteiger partial charge >= 0.3 is 5.97 Å². The van der Waals surface area contributed by atoms with Gasteiger partial charge < -0.3 is 35.0 Å². The number of carboxylic acids is 1. The molecule has 2 rings (SSSR count). The molecular weight excluding hydrogens is 296 g/mol. The lowest BCUT2D eigenvalue weighted by Gasteiger charge is -2.38. The number of hydrogen-bond acceptors (Lipinski definition) is 7. The van der Waals surface area contributed by atoms with Crippen LogP contribution in [0.5, 0.6) is 5.75 Å². The molecule has 1 fully saturated rings. The summed E-state index contributed by atoms with van der Waals surface area (Å²) in [5.41, 5.74) is 0.874. The average molecular weight is 314 g/mol. The highest BCUT2D eigenvalue weighted by Crippen LogP contribution is 2.24. The van der Waals surface area contributed by atoms with Crippen molar-refractivity contribution in [1.29, 1.82) is 0 Å². The van der Waals surface area contributed by atoms with E-state index in [1.165, 1.54) is 0 Å². The van der Waals surface area contributed by atoms with Gasteiger partial charge in [-0.3, -0.25) is 0 Å². The maximum absolute atomic E-state index is 11.0. The van der Waals surface area contributed by atoms with Crippen LogP contribution in [0.4, 0.5) is 0 Å². The molecule has 0 saturated carbocycles. The van der Waals surface area contributed by atoms with Gasteiger partial charge in [0.1, 0.15) is 24.1 Å². The van der Waals surface area contributed by atoms with Crippen molar-refractivity contribution in [1.82, 2.24) is 0 Å². The molecule has 1 heterocycles. The zero-order chi connectivity index (χ0) is 16.3. The number of aliphatic carboxylic acids is 1. The molecule has 0 bridgehead atoms. The molecule has 0 aromatic heterocycles. The topological polar surface area (TPSA) is 137 Å². The number of aliphatic hydroxyl groups excluding tert-OH is 4. The van der Waals surface area contributed by atoms with E-state index in [9.17, 15) is 20.1 Å². The lowest BCUT2D eigenvalue weighted by atomic mass is 9.99. The predicted octanol–water partition coefficient (Wildman–Crippen LogP) is -1.51. The molecule has 1 aromatic rings. The Kier molecular flexibility index (Phi) is 5.33. The maximum atomic E-state index is 11.0. The molecule has 5 atom stereocenters. The van der Waals surface area contributed by atoms with Gasteiger partial charge in [0, 0.05) is 6.61 Å². The number of rotatable bonds is 5. The molecule has 1 aliphatic rings. The van der Waals surface area contributed by atoms with Crippen LogP contribution in [0.25, 0.3) is 0 Å². The van der Waals surface area contributed by atoms with E-state index in [-0.39, 0.29) is 6.61 Å². The Morgan fingerprint density at radius 2 is 1.73 bits per heavy atom. The molecule has 8 nitrogen and oxygen atoms in total. The Bertz CT molecular complexity index is 502. The second-order valence-corrected chi connectivity index (χ2v) is 4.97. The van der Waals surface area contributed by atoms with Crippen molar-refractivity contribution in [3.05, 3.63) is 29.8 Å². The summed E-state index contributed by atoms with van der Waals surface area (Å²) >= 11 is 0. The fourth-order valence-electron chi connectivity index (χ4n) is 2.15. The largest absolute Gasteiger partial charge is 0.479 e. The van der Waals surface area contributed by atoms with Crippen LogP contribution in [0.15, 0.2) is 24.3 Å². The van der Waals surface area contributed by atoms with Gasteiger partial charge in [0.15, 0.2) is 6.10 Å². The third kappa shape index (κ3) is 3.54. The van der Waals surface area contributed by atoms with Crippen molar-refractivity contribution in [2.45, 2.75) is 37.1 Å². The fraction of sp³-hybridized carbons (Fsp3) is 0.500. The molecule has 5 N–H and O–H groups in total. The highest BCUT2D eigenvalue weighted by molar-refractivity contribution is 5.73. The number of benzene rings is 1. The van der Waals surface area contributed by atoms with E-state index >= 15 is 0 Å². The second-order valence-electron chi connectivity index (χ2n) is 4.97. The van der Waals surface area contributed by atoms with Crippen molar-refractivity contribution in [2.24, 2.45) is 0 Å². The van der Waals surface area contributed by atoms with Gasteiger partial charge in [-0.05, 0) is 24.1 Å². The molecule has 22 heavy (non-hydrogen) atoms. The summed E-state index contributed by atoms with van der Waals surface area (Å²) in [5.74, 6) is -1.18. The van der Waals surface area contributed by atoms with Crippen molar-refractivity contribution < 1.29 is 39.8 Å². The predicted molar refractivity (Wildman–Crippen MR) is 72.2 cm³/mol. The average Bonchev–Trinajstić information content (AvgIpc) is 2.49. The SMILES string of the molecule is O=C(O)[C@@H]1O[C@H](Oc2ccc(CCO)cc2)[C@@H](O)[C@H](O)[C@H]1O. The normalized spacial score (nSPS) is 31.7. The molecule has 122 valence electrons. The summed E-state index contributed by atoms with van der Waals surface area (Å²) in [5, 5.41) is 46.8. The molecule has 0 aliphatic carbocycles. The fourth-order valence-corrected chi connectivity index (χ4v) is 2.15. The van der Waals surface area contributed by atoms with E-state index in [1.807, 2.05) is 0 Å². The maximum Gasteiger partial charge on any atom is 0.335 e. The molecule has 0 spiro atoms. The number of carbonyl (C=O) groups is 1. The monoisotopic (exact) mass is 314 g/mol. The number of aliphatic hydroxyl groups is 4. The Morgan fingerprint density at radius 1 is 1.09 bits per heavy atom. The van der Waals surface area contributed by atoms with Crippen LogP contribution in [0.3, 0.4) is 0 Å². The van der Waals surface area contributed by atoms with Crippen molar-refractivity contribution >= 4 is 5.97 Å². The van der Waals surface area contributed by atoms with E-state index in [1.54, 1.807) is 24.3 Å². The first kappa shape index (κ1) is 16.7. The van der Waals surface area contributed by atoms with Crippen LogP contribution in [0.1, 0.15) is 5.56 Å². The van der Waals surface area contributed by atoms with Crippen LogP contribution < -0.4 is 4.74 Å². The zero-order valence-corrected chi connectivity index (χ0v) is 11.6. The Morgan fingerprint density at radius 3 is 2.27 bits per heavy atom. The van der Waals surface area contributed by atoms with Gasteiger partial charge in [-0.2, -0.15) is 0 Å².